The maximum absolute atomic E-state index is 13.1. The van der Waals surface area contributed by atoms with E-state index in [1.807, 2.05) is 5.38 Å². The monoisotopic (exact) mass is 690 g/mol. The molecule has 5 aliphatic carbocycles. The predicted molar refractivity (Wildman–Crippen MR) is 193 cm³/mol. The van der Waals surface area contributed by atoms with Crippen molar-refractivity contribution in [3.05, 3.63) is 34.0 Å². The molecule has 6 rings (SSSR count). The van der Waals surface area contributed by atoms with Crippen molar-refractivity contribution in [3.63, 3.8) is 0 Å². The summed E-state index contributed by atoms with van der Waals surface area (Å²) in [4.78, 5) is 36.7. The van der Waals surface area contributed by atoms with E-state index in [-0.39, 0.29) is 39.6 Å². The van der Waals surface area contributed by atoms with Gasteiger partial charge in [-0.25, -0.2) is 4.79 Å². The Morgan fingerprint density at radius 1 is 0.918 bits per heavy atom. The summed E-state index contributed by atoms with van der Waals surface area (Å²) in [6, 6.07) is 0. The molecular weight excluding hydrogens is 633 g/mol. The number of thiophene rings is 1. The zero-order valence-electron chi connectivity index (χ0n) is 31.0. The van der Waals surface area contributed by atoms with E-state index in [2.05, 4.69) is 60.0 Å². The molecule has 268 valence electrons. The first kappa shape index (κ1) is 36.2. The lowest BCUT2D eigenvalue weighted by Gasteiger charge is -2.72. The van der Waals surface area contributed by atoms with Gasteiger partial charge < -0.3 is 14.9 Å². The summed E-state index contributed by atoms with van der Waals surface area (Å²) in [5.74, 6) is 7.28. The summed E-state index contributed by atoms with van der Waals surface area (Å²) in [6.07, 6.45) is 10.5. The highest BCUT2D eigenvalue weighted by molar-refractivity contribution is 7.08. The van der Waals surface area contributed by atoms with Crippen LogP contribution in [0.4, 0.5) is 0 Å². The van der Waals surface area contributed by atoms with Gasteiger partial charge in [-0.3, -0.25) is 9.59 Å². The van der Waals surface area contributed by atoms with Crippen LogP contribution in [0.25, 0.3) is 0 Å². The first-order valence-corrected chi connectivity index (χ1v) is 19.6. The van der Waals surface area contributed by atoms with E-state index < -0.39 is 23.3 Å². The number of aromatic carboxylic acids is 1. The summed E-state index contributed by atoms with van der Waals surface area (Å²) in [6.45, 7) is 22.2. The van der Waals surface area contributed by atoms with E-state index >= 15 is 0 Å². The zero-order chi connectivity index (χ0) is 35.9. The van der Waals surface area contributed by atoms with Crippen LogP contribution in [0.5, 0.6) is 0 Å². The number of hydrogen-bond donors (Lipinski definition) is 2. The minimum atomic E-state index is -1.15. The number of allylic oxidation sites excluding steroid dienone is 1. The van der Waals surface area contributed by atoms with Gasteiger partial charge in [0.2, 0.25) is 0 Å². The van der Waals surface area contributed by atoms with Crippen molar-refractivity contribution >= 4 is 29.2 Å². The minimum absolute atomic E-state index is 0.116. The molecule has 0 aliphatic heterocycles. The van der Waals surface area contributed by atoms with Gasteiger partial charge in [-0.2, -0.15) is 11.3 Å². The van der Waals surface area contributed by atoms with Crippen molar-refractivity contribution in [1.29, 1.82) is 0 Å². The van der Waals surface area contributed by atoms with Crippen LogP contribution in [0.2, 0.25) is 0 Å². The molecule has 5 fully saturated rings. The molecule has 6 nitrogen and oxygen atoms in total. The van der Waals surface area contributed by atoms with Crippen molar-refractivity contribution in [2.24, 2.45) is 62.1 Å². The molecule has 2 N–H and O–H groups in total. The van der Waals surface area contributed by atoms with E-state index in [4.69, 9.17) is 4.74 Å². The highest BCUT2D eigenvalue weighted by Gasteiger charge is 2.71. The van der Waals surface area contributed by atoms with Crippen LogP contribution in [0.15, 0.2) is 22.9 Å². The number of hydrogen-bond acceptors (Lipinski definition) is 5. The van der Waals surface area contributed by atoms with Gasteiger partial charge in [0.1, 0.15) is 6.10 Å². The number of esters is 1. The van der Waals surface area contributed by atoms with Gasteiger partial charge in [0.15, 0.2) is 0 Å². The standard InChI is InChI=1S/C42H58O6S/c1-25(2)27-13-19-42(18-12-26-23-49-24-28(26)35(44)45)21-20-40(8)29(34(27)42)10-11-31-39(7)16-15-32(48-33(43)22-37(3,4)36(46)47)38(5,6)30(39)14-17-41(31,40)9/h23-24,27,29-32,34H,1,10-11,13-17,19-22H2,2-9H3,(H,44,45)(H,46,47)/t27-,29?,30?,31?,32-,34?,39-,40+,41+,42+/m0/s1. The van der Waals surface area contributed by atoms with Crippen LogP contribution in [-0.4, -0.2) is 34.2 Å². The second-order valence-electron chi connectivity index (χ2n) is 18.8. The molecule has 7 heteroatoms. The van der Waals surface area contributed by atoms with E-state index in [0.717, 1.165) is 51.4 Å². The number of carbonyl (C=O) groups is 3. The Labute approximate surface area is 297 Å². The van der Waals surface area contributed by atoms with Gasteiger partial charge in [0.25, 0.3) is 0 Å². The van der Waals surface area contributed by atoms with Crippen molar-refractivity contribution in [3.8, 4) is 11.8 Å². The van der Waals surface area contributed by atoms with Gasteiger partial charge in [-0.1, -0.05) is 58.6 Å². The van der Waals surface area contributed by atoms with E-state index in [9.17, 15) is 24.6 Å². The molecule has 0 spiro atoms. The number of aliphatic carboxylic acids is 1. The predicted octanol–water partition coefficient (Wildman–Crippen LogP) is 9.87. The van der Waals surface area contributed by atoms with Crippen molar-refractivity contribution in [2.45, 2.75) is 132 Å². The lowest BCUT2D eigenvalue weighted by Crippen LogP contribution is -2.66. The normalized spacial score (nSPS) is 40.7. The number of carbonyl (C=O) groups excluding carboxylic acids is 1. The SMILES string of the molecule is C=C(C)[C@@H]1CC[C@]2(C#Cc3cscc3C(=O)O)CC[C@]3(C)C(CCC4[C@@]5(C)CC[C@H](OC(=O)CC(C)(C)C(=O)O)C(C)(C)C5CC[C@]43C)C12. The van der Waals surface area contributed by atoms with Crippen LogP contribution in [0, 0.1) is 73.9 Å². The Bertz CT molecular complexity index is 1610. The third kappa shape index (κ3) is 5.44. The molecule has 49 heavy (non-hydrogen) atoms. The number of fused-ring (bicyclic) bond motifs is 7. The molecule has 0 bridgehead atoms. The fourth-order valence-corrected chi connectivity index (χ4v) is 13.7. The van der Waals surface area contributed by atoms with Gasteiger partial charge in [0, 0.05) is 27.2 Å². The third-order valence-corrected chi connectivity index (χ3v) is 16.5. The van der Waals surface area contributed by atoms with Crippen LogP contribution in [0.1, 0.15) is 142 Å². The molecule has 5 aliphatic rings. The van der Waals surface area contributed by atoms with E-state index in [1.165, 1.54) is 29.8 Å². The van der Waals surface area contributed by atoms with Gasteiger partial charge in [-0.15, -0.1) is 0 Å². The molecule has 0 radical (unpaired) electrons. The maximum atomic E-state index is 13.1. The quantitative estimate of drug-likeness (QED) is 0.175. The molecular formula is C42H58O6S. The topological polar surface area (TPSA) is 101 Å². The molecule has 1 aromatic rings. The number of carboxylic acid groups (broad SMARTS) is 2. The van der Waals surface area contributed by atoms with Crippen LogP contribution in [-0.2, 0) is 14.3 Å². The summed E-state index contributed by atoms with van der Waals surface area (Å²) in [5, 5.41) is 22.9. The second kappa shape index (κ2) is 12.0. The van der Waals surface area contributed by atoms with Crippen molar-refractivity contribution in [2.75, 3.05) is 0 Å². The van der Waals surface area contributed by atoms with Gasteiger partial charge in [0.05, 0.1) is 17.4 Å². The largest absolute Gasteiger partial charge is 0.481 e. The molecule has 0 aromatic carbocycles. The first-order valence-electron chi connectivity index (χ1n) is 18.6. The maximum Gasteiger partial charge on any atom is 0.337 e. The molecule has 1 heterocycles. The number of rotatable bonds is 6. The van der Waals surface area contributed by atoms with Gasteiger partial charge >= 0.3 is 17.9 Å². The molecule has 10 atom stereocenters. The summed E-state index contributed by atoms with van der Waals surface area (Å²) in [5.41, 5.74) is 1.20. The third-order valence-electron chi connectivity index (χ3n) is 15.8. The molecule has 1 aromatic heterocycles. The molecule has 0 saturated heterocycles. The Morgan fingerprint density at radius 3 is 2.29 bits per heavy atom. The minimum Gasteiger partial charge on any atom is -0.481 e. The average Bonchev–Trinajstić information content (AvgIpc) is 3.63. The molecule has 4 unspecified atom stereocenters. The van der Waals surface area contributed by atoms with E-state index in [1.54, 1.807) is 19.2 Å². The summed E-state index contributed by atoms with van der Waals surface area (Å²) in [7, 11) is 0. The molecule has 0 amide bonds. The Balaban J connectivity index is 1.29. The number of ether oxygens (including phenoxy) is 1. The zero-order valence-corrected chi connectivity index (χ0v) is 31.9. The van der Waals surface area contributed by atoms with Crippen LogP contribution < -0.4 is 0 Å². The fourth-order valence-electron chi connectivity index (χ4n) is 12.9. The van der Waals surface area contributed by atoms with E-state index in [0.29, 0.717) is 40.7 Å². The fraction of sp³-hybridized carbons (Fsp3) is 0.738. The Hall–Kier alpha value is -2.59. The van der Waals surface area contributed by atoms with Crippen molar-refractivity contribution in [1.82, 2.24) is 0 Å². The first-order chi connectivity index (χ1) is 22.7. The lowest BCUT2D eigenvalue weighted by atomic mass is 9.32. The summed E-state index contributed by atoms with van der Waals surface area (Å²) < 4.78 is 6.16. The van der Waals surface area contributed by atoms with Crippen LogP contribution in [0.3, 0.4) is 0 Å². The molecule has 5 saturated carbocycles. The summed E-state index contributed by atoms with van der Waals surface area (Å²) >= 11 is 1.41. The second-order valence-corrected chi connectivity index (χ2v) is 19.5. The Morgan fingerprint density at radius 2 is 1.63 bits per heavy atom. The van der Waals surface area contributed by atoms with Crippen molar-refractivity contribution < 1.29 is 29.3 Å². The highest BCUT2D eigenvalue weighted by atomic mass is 32.1. The number of carboxylic acids is 2. The highest BCUT2D eigenvalue weighted by Crippen LogP contribution is 2.77. The lowest BCUT2D eigenvalue weighted by molar-refractivity contribution is -0.247. The Kier molecular flexibility index (Phi) is 8.86. The average molecular weight is 691 g/mol. The smallest absolute Gasteiger partial charge is 0.337 e. The van der Waals surface area contributed by atoms with Crippen LogP contribution >= 0.6 is 11.3 Å². The van der Waals surface area contributed by atoms with Gasteiger partial charge in [-0.05, 0) is 131 Å².